The molecule has 172 valence electrons. The van der Waals surface area contributed by atoms with Crippen LogP contribution in [0.4, 0.5) is 33.3 Å². The molecule has 1 fully saturated rings. The number of anilines is 2. The number of amides is 3. The molecule has 1 saturated heterocycles. The summed E-state index contributed by atoms with van der Waals surface area (Å²) in [5.41, 5.74) is 3.19. The molecule has 8 nitrogen and oxygen atoms in total. The summed E-state index contributed by atoms with van der Waals surface area (Å²) in [7, 11) is 0. The number of alkyl halides is 5. The first-order valence-corrected chi connectivity index (χ1v) is 9.17. The van der Waals surface area contributed by atoms with Gasteiger partial charge in [0.2, 0.25) is 5.91 Å². The summed E-state index contributed by atoms with van der Waals surface area (Å²) in [6, 6.07) is 0.885. The average molecular weight is 452 g/mol. The van der Waals surface area contributed by atoms with Crippen LogP contribution < -0.4 is 16.0 Å². The van der Waals surface area contributed by atoms with Crippen LogP contribution in [0.1, 0.15) is 12.5 Å². The van der Waals surface area contributed by atoms with Crippen molar-refractivity contribution < 1.29 is 41.1 Å². The number of benzene rings is 1. The molecular formula is C18H21F5N4O4. The van der Waals surface area contributed by atoms with Gasteiger partial charge in [0.05, 0.1) is 24.4 Å². The summed E-state index contributed by atoms with van der Waals surface area (Å²) < 4.78 is 71.2. The molecule has 1 aromatic rings. The van der Waals surface area contributed by atoms with Gasteiger partial charge < -0.3 is 20.7 Å². The van der Waals surface area contributed by atoms with Crippen molar-refractivity contribution in [2.75, 3.05) is 43.1 Å². The maximum Gasteiger partial charge on any atom is 0.418 e. The molecule has 3 amide bonds. The fourth-order valence-electron chi connectivity index (χ4n) is 3.13. The number of ether oxygens (including phenoxy) is 1. The van der Waals surface area contributed by atoms with E-state index in [1.54, 1.807) is 0 Å². The topological polar surface area (TPSA) is 105 Å². The van der Waals surface area contributed by atoms with Crippen molar-refractivity contribution in [2.24, 2.45) is 5.73 Å². The molecule has 31 heavy (non-hydrogen) atoms. The van der Waals surface area contributed by atoms with Gasteiger partial charge >= 0.3 is 6.18 Å². The molecule has 1 atom stereocenters. The highest BCUT2D eigenvalue weighted by Gasteiger charge is 2.38. The first-order chi connectivity index (χ1) is 14.5. The molecule has 13 heteroatoms. The van der Waals surface area contributed by atoms with E-state index in [9.17, 15) is 36.3 Å². The Labute approximate surface area is 174 Å². The third-order valence-electron chi connectivity index (χ3n) is 4.51. The lowest BCUT2D eigenvalue weighted by atomic mass is 10.1. The molecule has 0 aromatic heterocycles. The van der Waals surface area contributed by atoms with Crippen LogP contribution in [-0.4, -0.2) is 67.9 Å². The molecule has 0 radical (unpaired) electrons. The van der Waals surface area contributed by atoms with E-state index in [-0.39, 0.29) is 32.0 Å². The van der Waals surface area contributed by atoms with Crippen molar-refractivity contribution in [3.05, 3.63) is 23.8 Å². The van der Waals surface area contributed by atoms with E-state index >= 15 is 0 Å². The normalized spacial score (nSPS) is 16.0. The van der Waals surface area contributed by atoms with Crippen LogP contribution in [-0.2, 0) is 25.3 Å². The molecule has 1 aromatic carbocycles. The lowest BCUT2D eigenvalue weighted by Gasteiger charge is -2.30. The van der Waals surface area contributed by atoms with E-state index in [0.717, 1.165) is 21.9 Å². The molecule has 1 aliphatic heterocycles. The predicted molar refractivity (Wildman–Crippen MR) is 99.5 cm³/mol. The van der Waals surface area contributed by atoms with Crippen molar-refractivity contribution in [2.45, 2.75) is 25.6 Å². The molecule has 0 unspecified atom stereocenters. The number of carbonyl (C=O) groups excluding carboxylic acids is 3. The van der Waals surface area contributed by atoms with Gasteiger partial charge in [-0.05, 0) is 24.7 Å². The van der Waals surface area contributed by atoms with Crippen LogP contribution in [0.3, 0.4) is 0 Å². The Balaban J connectivity index is 2.34. The van der Waals surface area contributed by atoms with E-state index in [1.807, 2.05) is 0 Å². The fourth-order valence-corrected chi connectivity index (χ4v) is 3.13. The lowest BCUT2D eigenvalue weighted by Crippen LogP contribution is -2.53. The minimum atomic E-state index is -4.87. The third kappa shape index (κ3) is 6.10. The summed E-state index contributed by atoms with van der Waals surface area (Å²) in [6.07, 6.45) is -7.74. The highest BCUT2D eigenvalue weighted by atomic mass is 19.4. The molecule has 3 N–H and O–H groups in total. The van der Waals surface area contributed by atoms with Crippen molar-refractivity contribution in [3.63, 3.8) is 0 Å². The number of nitrogens with zero attached hydrogens (tertiary/aromatic N) is 2. The Morgan fingerprint density at radius 3 is 2.52 bits per heavy atom. The van der Waals surface area contributed by atoms with Gasteiger partial charge in [-0.2, -0.15) is 13.2 Å². The Morgan fingerprint density at radius 2 is 2.00 bits per heavy atom. The quantitative estimate of drug-likeness (QED) is 0.459. The molecular weight excluding hydrogens is 431 g/mol. The Kier molecular flexibility index (Phi) is 7.90. The van der Waals surface area contributed by atoms with E-state index < -0.39 is 54.2 Å². The number of primary amides is 1. The second-order valence-corrected chi connectivity index (χ2v) is 6.60. The monoisotopic (exact) mass is 452 g/mol. The van der Waals surface area contributed by atoms with Crippen molar-refractivity contribution in [1.29, 1.82) is 0 Å². The Morgan fingerprint density at radius 1 is 1.32 bits per heavy atom. The van der Waals surface area contributed by atoms with Gasteiger partial charge in [0, 0.05) is 12.2 Å². The molecule has 1 aliphatic rings. The minimum Gasteiger partial charge on any atom is -0.370 e. The Bertz CT molecular complexity index is 834. The number of hydrogen-bond acceptors (Lipinski definition) is 5. The molecule has 0 saturated carbocycles. The highest BCUT2D eigenvalue weighted by Crippen LogP contribution is 2.38. The second kappa shape index (κ2) is 10.0. The molecule has 0 bridgehead atoms. The number of carbonyl (C=O) groups is 3. The standard InChI is InChI=1S/C18H21F5N4O4/c1-2-26(8-13(19)20)15(16(24)29)17(30)25-10-3-4-12(11(7-10)18(21,22)23)27-5-6-31-9-14(27)28/h3-4,7,13,15H,2,5-6,8-9H2,1H3,(H2,24,29)(H,25,30)/t15-/m0/s1. The second-order valence-electron chi connectivity index (χ2n) is 6.60. The lowest BCUT2D eigenvalue weighted by molar-refractivity contribution is -0.138. The summed E-state index contributed by atoms with van der Waals surface area (Å²) in [4.78, 5) is 37.8. The number of nitrogens with one attached hydrogen (secondary N) is 1. The fraction of sp³-hybridized carbons (Fsp3) is 0.500. The maximum atomic E-state index is 13.6. The number of rotatable bonds is 8. The third-order valence-corrected chi connectivity index (χ3v) is 4.51. The first kappa shape index (κ1) is 24.5. The minimum absolute atomic E-state index is 0.0544. The number of hydrogen-bond donors (Lipinski definition) is 2. The maximum absolute atomic E-state index is 13.6. The number of likely N-dealkylation sites (N-methyl/N-ethyl adjacent to an activating group) is 1. The number of halogens is 5. The van der Waals surface area contributed by atoms with Gasteiger partial charge in [0.25, 0.3) is 18.2 Å². The predicted octanol–water partition coefficient (Wildman–Crippen LogP) is 1.45. The van der Waals surface area contributed by atoms with E-state index in [2.05, 4.69) is 5.32 Å². The summed E-state index contributed by atoms with van der Waals surface area (Å²) >= 11 is 0. The van der Waals surface area contributed by atoms with Gasteiger partial charge in [-0.15, -0.1) is 0 Å². The van der Waals surface area contributed by atoms with Gasteiger partial charge in [-0.1, -0.05) is 6.92 Å². The molecule has 1 heterocycles. The summed E-state index contributed by atoms with van der Waals surface area (Å²) in [5, 5.41) is 2.11. The summed E-state index contributed by atoms with van der Waals surface area (Å²) in [6.45, 7) is -0.0372. The van der Waals surface area contributed by atoms with Gasteiger partial charge in [-0.3, -0.25) is 19.3 Å². The van der Waals surface area contributed by atoms with Crippen LogP contribution in [0.15, 0.2) is 18.2 Å². The largest absolute Gasteiger partial charge is 0.418 e. The number of nitrogens with two attached hydrogens (primary N) is 1. The zero-order valence-electron chi connectivity index (χ0n) is 16.4. The molecule has 2 rings (SSSR count). The summed E-state index contributed by atoms with van der Waals surface area (Å²) in [5.74, 6) is -3.04. The Hall–Kier alpha value is -2.80. The van der Waals surface area contributed by atoms with Crippen LogP contribution in [0, 0.1) is 0 Å². The van der Waals surface area contributed by atoms with E-state index in [0.29, 0.717) is 6.07 Å². The van der Waals surface area contributed by atoms with Crippen LogP contribution in [0.2, 0.25) is 0 Å². The SMILES string of the molecule is CCN(CC(F)F)[C@@H](C(N)=O)C(=O)Nc1ccc(N2CCOCC2=O)c(C(F)(F)F)c1. The smallest absolute Gasteiger partial charge is 0.370 e. The average Bonchev–Trinajstić information content (AvgIpc) is 2.66. The van der Waals surface area contributed by atoms with Crippen molar-refractivity contribution in [3.8, 4) is 0 Å². The van der Waals surface area contributed by atoms with Crippen molar-refractivity contribution in [1.82, 2.24) is 4.90 Å². The van der Waals surface area contributed by atoms with Gasteiger partial charge in [0.1, 0.15) is 6.61 Å². The van der Waals surface area contributed by atoms with Gasteiger partial charge in [-0.25, -0.2) is 8.78 Å². The zero-order valence-corrected chi connectivity index (χ0v) is 16.4. The van der Waals surface area contributed by atoms with E-state index in [4.69, 9.17) is 10.5 Å². The van der Waals surface area contributed by atoms with Crippen LogP contribution >= 0.6 is 0 Å². The molecule has 0 aliphatic carbocycles. The van der Waals surface area contributed by atoms with Crippen molar-refractivity contribution >= 4 is 29.1 Å². The number of morpholine rings is 1. The van der Waals surface area contributed by atoms with Crippen LogP contribution in [0.25, 0.3) is 0 Å². The van der Waals surface area contributed by atoms with Crippen LogP contribution in [0.5, 0.6) is 0 Å². The highest BCUT2D eigenvalue weighted by molar-refractivity contribution is 6.09. The zero-order chi connectivity index (χ0) is 23.3. The molecule has 0 spiro atoms. The van der Waals surface area contributed by atoms with Gasteiger partial charge in [0.15, 0.2) is 6.04 Å². The first-order valence-electron chi connectivity index (χ1n) is 9.17. The van der Waals surface area contributed by atoms with E-state index in [1.165, 1.54) is 6.92 Å².